The molecule has 0 atom stereocenters. The first-order valence-corrected chi connectivity index (χ1v) is 5.89. The highest BCUT2D eigenvalue weighted by atomic mass is 19.1. The first kappa shape index (κ1) is 11.6. The van der Waals surface area contributed by atoms with E-state index >= 15 is 0 Å². The second kappa shape index (κ2) is 4.31. The summed E-state index contributed by atoms with van der Waals surface area (Å²) >= 11 is 0. The van der Waals surface area contributed by atoms with E-state index in [1.54, 1.807) is 28.8 Å². The Balaban J connectivity index is 2.06. The zero-order valence-electron chi connectivity index (χ0n) is 10.3. The van der Waals surface area contributed by atoms with Gasteiger partial charge < -0.3 is 4.40 Å². The van der Waals surface area contributed by atoms with Crippen LogP contribution in [-0.4, -0.2) is 15.2 Å². The summed E-state index contributed by atoms with van der Waals surface area (Å²) in [6, 6.07) is 10.2. The minimum absolute atomic E-state index is 0.0311. The van der Waals surface area contributed by atoms with Gasteiger partial charge in [0.05, 0.1) is 5.69 Å². The Kier molecular flexibility index (Phi) is 2.63. The van der Waals surface area contributed by atoms with Gasteiger partial charge in [0.1, 0.15) is 11.5 Å². The normalized spacial score (nSPS) is 10.8. The molecular formula is C15H11FN2O. The fourth-order valence-corrected chi connectivity index (χ4v) is 1.98. The van der Waals surface area contributed by atoms with E-state index in [1.165, 1.54) is 19.2 Å². The number of pyridine rings is 1. The summed E-state index contributed by atoms with van der Waals surface area (Å²) in [6.07, 6.45) is 3.15. The van der Waals surface area contributed by atoms with Crippen molar-refractivity contribution in [3.63, 3.8) is 0 Å². The van der Waals surface area contributed by atoms with Crippen LogP contribution in [0, 0.1) is 5.82 Å². The van der Waals surface area contributed by atoms with Crippen LogP contribution in [0.4, 0.5) is 4.39 Å². The quantitative estimate of drug-likeness (QED) is 0.657. The van der Waals surface area contributed by atoms with Crippen LogP contribution in [0.2, 0.25) is 0 Å². The highest BCUT2D eigenvalue weighted by Crippen LogP contribution is 2.20. The summed E-state index contributed by atoms with van der Waals surface area (Å²) < 4.78 is 14.7. The fraction of sp³-hybridized carbons (Fsp3) is 0.0667. The molecule has 0 aliphatic heterocycles. The smallest absolute Gasteiger partial charge is 0.159 e. The molecule has 0 fully saturated rings. The number of imidazole rings is 1. The predicted molar refractivity (Wildman–Crippen MR) is 70.6 cm³/mol. The number of aromatic nitrogens is 2. The topological polar surface area (TPSA) is 34.4 Å². The number of carbonyl (C=O) groups is 1. The maximum absolute atomic E-state index is 13.1. The van der Waals surface area contributed by atoms with Gasteiger partial charge in [-0.05, 0) is 19.1 Å². The third kappa shape index (κ3) is 2.12. The van der Waals surface area contributed by atoms with Crippen LogP contribution in [-0.2, 0) is 0 Å². The molecule has 0 amide bonds. The molecule has 0 aliphatic rings. The van der Waals surface area contributed by atoms with Gasteiger partial charge in [0.2, 0.25) is 0 Å². The molecule has 0 radical (unpaired) electrons. The lowest BCUT2D eigenvalue weighted by Crippen LogP contribution is -1.90. The lowest BCUT2D eigenvalue weighted by atomic mass is 10.1. The number of rotatable bonds is 2. The molecule has 19 heavy (non-hydrogen) atoms. The lowest BCUT2D eigenvalue weighted by molar-refractivity contribution is 0.101. The maximum atomic E-state index is 13.1. The van der Waals surface area contributed by atoms with E-state index in [0.29, 0.717) is 11.2 Å². The van der Waals surface area contributed by atoms with E-state index in [4.69, 9.17) is 0 Å². The van der Waals surface area contributed by atoms with Crippen LogP contribution in [0.15, 0.2) is 48.8 Å². The average molecular weight is 254 g/mol. The van der Waals surface area contributed by atoms with Crippen molar-refractivity contribution in [1.82, 2.24) is 9.38 Å². The summed E-state index contributed by atoms with van der Waals surface area (Å²) in [4.78, 5) is 15.6. The number of fused-ring (bicyclic) bond motifs is 1. The predicted octanol–water partition coefficient (Wildman–Crippen LogP) is 3.34. The molecule has 0 spiro atoms. The molecule has 94 valence electrons. The molecule has 4 heteroatoms. The van der Waals surface area contributed by atoms with Gasteiger partial charge in [-0.2, -0.15) is 0 Å². The Morgan fingerprint density at radius 3 is 2.53 bits per heavy atom. The molecule has 1 aromatic carbocycles. The van der Waals surface area contributed by atoms with Crippen molar-refractivity contribution < 1.29 is 9.18 Å². The molecule has 0 aliphatic carbocycles. The molecule has 3 nitrogen and oxygen atoms in total. The van der Waals surface area contributed by atoms with Crippen LogP contribution < -0.4 is 0 Å². The maximum Gasteiger partial charge on any atom is 0.159 e. The Labute approximate surface area is 109 Å². The van der Waals surface area contributed by atoms with Crippen molar-refractivity contribution in [3.8, 4) is 11.3 Å². The van der Waals surface area contributed by atoms with E-state index in [0.717, 1.165) is 11.3 Å². The molecule has 3 aromatic rings. The number of hydrogen-bond donors (Lipinski definition) is 0. The Bertz CT molecular complexity index is 759. The van der Waals surface area contributed by atoms with Crippen molar-refractivity contribution in [2.75, 3.05) is 0 Å². The lowest BCUT2D eigenvalue weighted by Gasteiger charge is -1.98. The molecule has 0 N–H and O–H groups in total. The summed E-state index contributed by atoms with van der Waals surface area (Å²) in [6.45, 7) is 1.53. The highest BCUT2D eigenvalue weighted by molar-refractivity contribution is 5.94. The minimum atomic E-state index is -0.302. The molecule has 3 rings (SSSR count). The van der Waals surface area contributed by atoms with Crippen molar-refractivity contribution in [2.45, 2.75) is 6.92 Å². The first-order chi connectivity index (χ1) is 9.13. The molecule has 0 saturated heterocycles. The summed E-state index contributed by atoms with van der Waals surface area (Å²) in [5.74, 6) is -0.271. The second-order valence-electron chi connectivity index (χ2n) is 4.37. The Morgan fingerprint density at radius 1 is 1.11 bits per heavy atom. The first-order valence-electron chi connectivity index (χ1n) is 5.89. The van der Waals surface area contributed by atoms with E-state index < -0.39 is 0 Å². The van der Waals surface area contributed by atoms with Gasteiger partial charge in [-0.1, -0.05) is 24.3 Å². The highest BCUT2D eigenvalue weighted by Gasteiger charge is 2.06. The van der Waals surface area contributed by atoms with Crippen LogP contribution >= 0.6 is 0 Å². The standard InChI is InChI=1S/C15H11FN2O/c1-10(19)11-2-4-12(5-3-11)14-9-18-8-13(16)6-7-15(18)17-14/h2-9H,1H3. The molecule has 2 heterocycles. The monoisotopic (exact) mass is 254 g/mol. The second-order valence-corrected chi connectivity index (χ2v) is 4.37. The van der Waals surface area contributed by atoms with Crippen molar-refractivity contribution >= 4 is 11.4 Å². The van der Waals surface area contributed by atoms with Crippen LogP contribution in [0.1, 0.15) is 17.3 Å². The zero-order valence-corrected chi connectivity index (χ0v) is 10.3. The van der Waals surface area contributed by atoms with E-state index in [9.17, 15) is 9.18 Å². The van der Waals surface area contributed by atoms with Crippen LogP contribution in [0.25, 0.3) is 16.9 Å². The molecular weight excluding hydrogens is 243 g/mol. The van der Waals surface area contributed by atoms with E-state index in [1.807, 2.05) is 12.1 Å². The van der Waals surface area contributed by atoms with Gasteiger partial charge >= 0.3 is 0 Å². The average Bonchev–Trinajstić information content (AvgIpc) is 2.81. The number of Topliss-reactive ketones (excluding diaryl/α,β-unsaturated/α-hetero) is 1. The van der Waals surface area contributed by atoms with Crippen LogP contribution in [0.5, 0.6) is 0 Å². The fourth-order valence-electron chi connectivity index (χ4n) is 1.98. The number of benzene rings is 1. The molecule has 2 aromatic heterocycles. The van der Waals surface area contributed by atoms with Gasteiger partial charge in [0, 0.05) is 23.5 Å². The molecule has 0 bridgehead atoms. The third-order valence-corrected chi connectivity index (χ3v) is 3.00. The van der Waals surface area contributed by atoms with Gasteiger partial charge in [0.15, 0.2) is 5.78 Å². The summed E-state index contributed by atoms with van der Waals surface area (Å²) in [7, 11) is 0. The van der Waals surface area contributed by atoms with Gasteiger partial charge in [-0.25, -0.2) is 9.37 Å². The SMILES string of the molecule is CC(=O)c1ccc(-c2cn3cc(F)ccc3n2)cc1. The number of ketones is 1. The van der Waals surface area contributed by atoms with E-state index in [-0.39, 0.29) is 11.6 Å². The molecule has 0 saturated carbocycles. The summed E-state index contributed by atoms with van der Waals surface area (Å²) in [5, 5.41) is 0. The van der Waals surface area contributed by atoms with Gasteiger partial charge in [0.25, 0.3) is 0 Å². The zero-order chi connectivity index (χ0) is 13.4. The largest absolute Gasteiger partial charge is 0.304 e. The van der Waals surface area contributed by atoms with E-state index in [2.05, 4.69) is 4.98 Å². The third-order valence-electron chi connectivity index (χ3n) is 3.00. The number of carbonyl (C=O) groups excluding carboxylic acids is 1. The van der Waals surface area contributed by atoms with Crippen molar-refractivity contribution in [2.24, 2.45) is 0 Å². The van der Waals surface area contributed by atoms with Crippen LogP contribution in [0.3, 0.4) is 0 Å². The number of nitrogens with zero attached hydrogens (tertiary/aromatic N) is 2. The number of hydrogen-bond acceptors (Lipinski definition) is 2. The molecule has 0 unspecified atom stereocenters. The summed E-state index contributed by atoms with van der Waals surface area (Å²) in [5.41, 5.74) is 3.00. The Morgan fingerprint density at radius 2 is 1.84 bits per heavy atom. The van der Waals surface area contributed by atoms with Crippen molar-refractivity contribution in [3.05, 3.63) is 60.2 Å². The van der Waals surface area contributed by atoms with Crippen molar-refractivity contribution in [1.29, 1.82) is 0 Å². The Hall–Kier alpha value is -2.49. The van der Waals surface area contributed by atoms with Gasteiger partial charge in [-0.15, -0.1) is 0 Å². The minimum Gasteiger partial charge on any atom is -0.304 e. The number of halogens is 1. The van der Waals surface area contributed by atoms with Gasteiger partial charge in [-0.3, -0.25) is 4.79 Å².